The van der Waals surface area contributed by atoms with E-state index in [-0.39, 0.29) is 17.9 Å². The van der Waals surface area contributed by atoms with Crippen LogP contribution in [-0.4, -0.2) is 39.0 Å². The van der Waals surface area contributed by atoms with Crippen molar-refractivity contribution in [3.8, 4) is 5.69 Å². The van der Waals surface area contributed by atoms with Gasteiger partial charge in [0.05, 0.1) is 5.69 Å². The SMILES string of the molecule is Cc1noc([C@@H](NC(=O)c2ccn(-c3cccc(Cl)c3)n2)C2CCOCC2)n1. The molecule has 1 aliphatic heterocycles. The molecule has 9 heteroatoms. The van der Waals surface area contributed by atoms with Crippen LogP contribution in [0, 0.1) is 12.8 Å². The normalized spacial score (nSPS) is 16.1. The van der Waals surface area contributed by atoms with Gasteiger partial charge in [-0.15, -0.1) is 0 Å². The Morgan fingerprint density at radius 3 is 2.86 bits per heavy atom. The van der Waals surface area contributed by atoms with E-state index in [0.29, 0.717) is 35.6 Å². The summed E-state index contributed by atoms with van der Waals surface area (Å²) in [5, 5.41) is 11.9. The van der Waals surface area contributed by atoms with Crippen molar-refractivity contribution in [2.45, 2.75) is 25.8 Å². The summed E-state index contributed by atoms with van der Waals surface area (Å²) in [4.78, 5) is 17.2. The summed E-state index contributed by atoms with van der Waals surface area (Å²) in [6, 6.07) is 8.55. The molecule has 0 saturated carbocycles. The molecule has 3 aromatic rings. The van der Waals surface area contributed by atoms with Crippen LogP contribution in [0.5, 0.6) is 0 Å². The molecule has 0 aliphatic carbocycles. The molecule has 4 rings (SSSR count). The van der Waals surface area contributed by atoms with Crippen molar-refractivity contribution in [3.63, 3.8) is 0 Å². The van der Waals surface area contributed by atoms with Gasteiger partial charge >= 0.3 is 0 Å². The molecule has 8 nitrogen and oxygen atoms in total. The number of nitrogens with one attached hydrogen (secondary N) is 1. The molecule has 146 valence electrons. The van der Waals surface area contributed by atoms with Gasteiger partial charge in [-0.25, -0.2) is 4.68 Å². The third kappa shape index (κ3) is 4.07. The van der Waals surface area contributed by atoms with E-state index in [1.807, 2.05) is 12.1 Å². The van der Waals surface area contributed by atoms with Gasteiger partial charge in [0.15, 0.2) is 11.5 Å². The van der Waals surface area contributed by atoms with Crippen molar-refractivity contribution in [3.05, 3.63) is 59.0 Å². The first-order valence-electron chi connectivity index (χ1n) is 9.10. The fourth-order valence-corrected chi connectivity index (χ4v) is 3.48. The van der Waals surface area contributed by atoms with E-state index >= 15 is 0 Å². The highest BCUT2D eigenvalue weighted by atomic mass is 35.5. The number of nitrogens with zero attached hydrogens (tertiary/aromatic N) is 4. The van der Waals surface area contributed by atoms with Gasteiger partial charge < -0.3 is 14.6 Å². The average Bonchev–Trinajstić information content (AvgIpc) is 3.36. The van der Waals surface area contributed by atoms with Crippen LogP contribution in [0.25, 0.3) is 5.69 Å². The second kappa shape index (κ2) is 8.12. The number of hydrogen-bond donors (Lipinski definition) is 1. The topological polar surface area (TPSA) is 95.1 Å². The van der Waals surface area contributed by atoms with Gasteiger partial charge in [-0.05, 0) is 49.9 Å². The second-order valence-corrected chi connectivity index (χ2v) is 7.14. The summed E-state index contributed by atoms with van der Waals surface area (Å²) < 4.78 is 12.4. The van der Waals surface area contributed by atoms with E-state index in [2.05, 4.69) is 20.6 Å². The minimum atomic E-state index is -0.381. The summed E-state index contributed by atoms with van der Waals surface area (Å²) in [7, 11) is 0. The fourth-order valence-electron chi connectivity index (χ4n) is 3.29. The number of benzene rings is 1. The first kappa shape index (κ1) is 18.6. The van der Waals surface area contributed by atoms with Crippen molar-refractivity contribution < 1.29 is 14.1 Å². The van der Waals surface area contributed by atoms with Crippen LogP contribution in [-0.2, 0) is 4.74 Å². The second-order valence-electron chi connectivity index (χ2n) is 6.71. The van der Waals surface area contributed by atoms with Crippen molar-refractivity contribution >= 4 is 17.5 Å². The summed E-state index contributed by atoms with van der Waals surface area (Å²) >= 11 is 6.03. The van der Waals surface area contributed by atoms with Crippen molar-refractivity contribution in [2.24, 2.45) is 5.92 Å². The molecule has 0 spiro atoms. The van der Waals surface area contributed by atoms with E-state index in [0.717, 1.165) is 18.5 Å². The molecule has 2 aromatic heterocycles. The van der Waals surface area contributed by atoms with E-state index in [4.69, 9.17) is 20.9 Å². The smallest absolute Gasteiger partial charge is 0.272 e. The zero-order chi connectivity index (χ0) is 19.5. The number of hydrogen-bond acceptors (Lipinski definition) is 6. The first-order chi connectivity index (χ1) is 13.6. The standard InChI is InChI=1S/C19H20ClN5O3/c1-12-21-19(28-24-12)17(13-6-9-27-10-7-13)22-18(26)16-5-8-25(23-16)15-4-2-3-14(20)11-15/h2-5,8,11,13,17H,6-7,9-10H2,1H3,(H,22,26)/t17-/m0/s1. The Kier molecular flexibility index (Phi) is 5.40. The molecule has 1 aromatic carbocycles. The number of halogens is 1. The van der Waals surface area contributed by atoms with Gasteiger partial charge in [-0.1, -0.05) is 22.8 Å². The quantitative estimate of drug-likeness (QED) is 0.705. The number of aryl methyl sites for hydroxylation is 1. The maximum Gasteiger partial charge on any atom is 0.272 e. The van der Waals surface area contributed by atoms with Crippen LogP contribution in [0.1, 0.15) is 41.1 Å². The van der Waals surface area contributed by atoms with Crippen molar-refractivity contribution in [1.82, 2.24) is 25.2 Å². The molecule has 1 atom stereocenters. The average molecular weight is 402 g/mol. The number of ether oxygens (including phenoxy) is 1. The van der Waals surface area contributed by atoms with Crippen LogP contribution in [0.2, 0.25) is 5.02 Å². The maximum absolute atomic E-state index is 12.9. The summed E-state index contributed by atoms with van der Waals surface area (Å²) in [6.07, 6.45) is 3.34. The molecular formula is C19H20ClN5O3. The molecule has 0 bridgehead atoms. The fraction of sp³-hybridized carbons (Fsp3) is 0.368. The predicted octanol–water partition coefficient (Wildman–Crippen LogP) is 3.11. The largest absolute Gasteiger partial charge is 0.381 e. The lowest BCUT2D eigenvalue weighted by Gasteiger charge is -2.28. The molecule has 1 amide bonds. The van der Waals surface area contributed by atoms with Gasteiger partial charge in [0, 0.05) is 24.4 Å². The number of rotatable bonds is 5. The lowest BCUT2D eigenvalue weighted by molar-refractivity contribution is 0.0467. The van der Waals surface area contributed by atoms with Gasteiger partial charge in [-0.2, -0.15) is 10.1 Å². The lowest BCUT2D eigenvalue weighted by atomic mass is 9.91. The maximum atomic E-state index is 12.9. The molecule has 0 radical (unpaired) electrons. The Morgan fingerprint density at radius 1 is 1.32 bits per heavy atom. The van der Waals surface area contributed by atoms with Crippen molar-refractivity contribution in [1.29, 1.82) is 0 Å². The Labute approximate surface area is 166 Å². The monoisotopic (exact) mass is 401 g/mol. The molecule has 3 heterocycles. The van der Waals surface area contributed by atoms with Crippen LogP contribution in [0.4, 0.5) is 0 Å². The number of carbonyl (C=O) groups excluding carboxylic acids is 1. The van der Waals surface area contributed by atoms with Crippen LogP contribution < -0.4 is 5.32 Å². The predicted molar refractivity (Wildman–Crippen MR) is 101 cm³/mol. The van der Waals surface area contributed by atoms with Crippen molar-refractivity contribution in [2.75, 3.05) is 13.2 Å². The molecule has 1 saturated heterocycles. The molecule has 1 N–H and O–H groups in total. The molecular weight excluding hydrogens is 382 g/mol. The van der Waals surface area contributed by atoms with Gasteiger partial charge in [-0.3, -0.25) is 4.79 Å². The summed E-state index contributed by atoms with van der Waals surface area (Å²) in [6.45, 7) is 3.05. The van der Waals surface area contributed by atoms with E-state index < -0.39 is 0 Å². The number of aromatic nitrogens is 4. The van der Waals surface area contributed by atoms with Gasteiger partial charge in [0.1, 0.15) is 6.04 Å². The lowest BCUT2D eigenvalue weighted by Crippen LogP contribution is -2.36. The number of carbonyl (C=O) groups is 1. The third-order valence-corrected chi connectivity index (χ3v) is 4.96. The first-order valence-corrected chi connectivity index (χ1v) is 9.48. The minimum Gasteiger partial charge on any atom is -0.381 e. The highest BCUT2D eigenvalue weighted by Gasteiger charge is 2.31. The molecule has 28 heavy (non-hydrogen) atoms. The summed E-state index contributed by atoms with van der Waals surface area (Å²) in [5.41, 5.74) is 1.08. The third-order valence-electron chi connectivity index (χ3n) is 4.73. The van der Waals surface area contributed by atoms with Crippen LogP contribution in [0.15, 0.2) is 41.1 Å². The van der Waals surface area contributed by atoms with E-state index in [9.17, 15) is 4.79 Å². The summed E-state index contributed by atoms with van der Waals surface area (Å²) in [5.74, 6) is 0.805. The highest BCUT2D eigenvalue weighted by Crippen LogP contribution is 2.29. The molecule has 1 aliphatic rings. The van der Waals surface area contributed by atoms with Gasteiger partial charge in [0.25, 0.3) is 5.91 Å². The number of amides is 1. The van der Waals surface area contributed by atoms with Crippen LogP contribution >= 0.6 is 11.6 Å². The van der Waals surface area contributed by atoms with Gasteiger partial charge in [0.2, 0.25) is 5.89 Å². The molecule has 0 unspecified atom stereocenters. The Hall–Kier alpha value is -2.71. The Morgan fingerprint density at radius 2 is 2.14 bits per heavy atom. The van der Waals surface area contributed by atoms with E-state index in [1.54, 1.807) is 36.0 Å². The highest BCUT2D eigenvalue weighted by molar-refractivity contribution is 6.30. The van der Waals surface area contributed by atoms with Crippen LogP contribution in [0.3, 0.4) is 0 Å². The zero-order valence-electron chi connectivity index (χ0n) is 15.3. The Balaban J connectivity index is 1.54. The van der Waals surface area contributed by atoms with E-state index in [1.165, 1.54) is 0 Å². The molecule has 1 fully saturated rings. The minimum absolute atomic E-state index is 0.160. The Bertz CT molecular complexity index is 964. The zero-order valence-corrected chi connectivity index (χ0v) is 16.1.